The third-order valence-electron chi connectivity index (χ3n) is 3.43. The van der Waals surface area contributed by atoms with Crippen molar-refractivity contribution in [3.63, 3.8) is 0 Å². The van der Waals surface area contributed by atoms with Gasteiger partial charge in [-0.25, -0.2) is 0 Å². The van der Waals surface area contributed by atoms with Crippen LogP contribution in [0.25, 0.3) is 0 Å². The first-order valence-corrected chi connectivity index (χ1v) is 5.87. The summed E-state index contributed by atoms with van der Waals surface area (Å²) in [5.41, 5.74) is 1.82. The summed E-state index contributed by atoms with van der Waals surface area (Å²) in [7, 11) is 1.97. The monoisotopic (exact) mass is 208 g/mol. The van der Waals surface area contributed by atoms with Crippen LogP contribution in [0, 0.1) is 0 Å². The molecule has 1 saturated carbocycles. The third-order valence-corrected chi connectivity index (χ3v) is 3.43. The lowest BCUT2D eigenvalue weighted by atomic mass is 9.96. The van der Waals surface area contributed by atoms with Crippen molar-refractivity contribution < 1.29 is 5.11 Å². The predicted molar refractivity (Wildman–Crippen MR) is 59.7 cm³/mol. The lowest BCUT2D eigenvalue weighted by Gasteiger charge is -2.21. The molecule has 1 aliphatic rings. The van der Waals surface area contributed by atoms with Crippen LogP contribution in [-0.4, -0.2) is 20.5 Å². The van der Waals surface area contributed by atoms with Crippen molar-refractivity contribution in [2.75, 3.05) is 0 Å². The Morgan fingerprint density at radius 2 is 2.13 bits per heavy atom. The highest BCUT2D eigenvalue weighted by molar-refractivity contribution is 5.13. The molecule has 1 fully saturated rings. The van der Waals surface area contributed by atoms with Gasteiger partial charge in [0.2, 0.25) is 0 Å². The summed E-state index contributed by atoms with van der Waals surface area (Å²) in [6.07, 6.45) is 5.94. The molecule has 1 aromatic rings. The van der Waals surface area contributed by atoms with Crippen LogP contribution in [0.15, 0.2) is 6.07 Å². The van der Waals surface area contributed by atoms with Gasteiger partial charge >= 0.3 is 0 Å². The van der Waals surface area contributed by atoms with E-state index >= 15 is 0 Å². The molecule has 0 unspecified atom stereocenters. The van der Waals surface area contributed by atoms with Gasteiger partial charge in [0, 0.05) is 19.2 Å². The summed E-state index contributed by atoms with van der Waals surface area (Å²) in [6, 6.07) is 2.12. The number of nitrogens with zero attached hydrogens (tertiary/aromatic N) is 2. The highest BCUT2D eigenvalue weighted by atomic mass is 16.3. The van der Waals surface area contributed by atoms with Gasteiger partial charge < -0.3 is 5.11 Å². The van der Waals surface area contributed by atoms with Crippen molar-refractivity contribution in [1.29, 1.82) is 0 Å². The minimum absolute atomic E-state index is 0.460. The molecule has 3 heteroatoms. The average molecular weight is 208 g/mol. The molecule has 0 amide bonds. The van der Waals surface area contributed by atoms with Crippen LogP contribution in [0.4, 0.5) is 0 Å². The SMILES string of the molecule is CCc1cc(CC2(O)CCCC2)n(C)n1. The number of aromatic nitrogens is 2. The highest BCUT2D eigenvalue weighted by Gasteiger charge is 2.32. The largest absolute Gasteiger partial charge is 0.389 e. The van der Waals surface area contributed by atoms with E-state index in [0.29, 0.717) is 0 Å². The molecule has 2 rings (SSSR count). The van der Waals surface area contributed by atoms with E-state index in [0.717, 1.165) is 49.9 Å². The standard InChI is InChI=1S/C12H20N2O/c1-3-10-8-11(14(2)13-10)9-12(15)6-4-5-7-12/h8,15H,3-7,9H2,1-2H3. The van der Waals surface area contributed by atoms with Crippen LogP contribution in [0.3, 0.4) is 0 Å². The zero-order valence-corrected chi connectivity index (χ0v) is 9.66. The summed E-state index contributed by atoms with van der Waals surface area (Å²) in [5, 5.41) is 14.7. The minimum atomic E-state index is -0.460. The molecular formula is C12H20N2O. The van der Waals surface area contributed by atoms with Crippen LogP contribution >= 0.6 is 0 Å². The molecule has 0 aromatic carbocycles. The van der Waals surface area contributed by atoms with Crippen LogP contribution in [-0.2, 0) is 19.9 Å². The molecule has 1 aliphatic carbocycles. The summed E-state index contributed by atoms with van der Waals surface area (Å²) < 4.78 is 1.91. The molecule has 1 N–H and O–H groups in total. The van der Waals surface area contributed by atoms with Crippen molar-refractivity contribution in [3.8, 4) is 0 Å². The number of aliphatic hydroxyl groups is 1. The maximum Gasteiger partial charge on any atom is 0.0702 e. The molecule has 15 heavy (non-hydrogen) atoms. The Balaban J connectivity index is 2.12. The van der Waals surface area contributed by atoms with Crippen molar-refractivity contribution in [2.24, 2.45) is 7.05 Å². The number of rotatable bonds is 3. The molecule has 0 spiro atoms. The number of aryl methyl sites for hydroxylation is 2. The minimum Gasteiger partial charge on any atom is -0.389 e. The lowest BCUT2D eigenvalue weighted by molar-refractivity contribution is 0.0463. The first-order chi connectivity index (χ1) is 7.13. The molecule has 0 aliphatic heterocycles. The van der Waals surface area contributed by atoms with Crippen LogP contribution in [0.2, 0.25) is 0 Å². The quantitative estimate of drug-likeness (QED) is 0.823. The third kappa shape index (κ3) is 2.23. The first kappa shape index (κ1) is 10.7. The molecule has 3 nitrogen and oxygen atoms in total. The van der Waals surface area contributed by atoms with E-state index in [1.54, 1.807) is 0 Å². The fourth-order valence-electron chi connectivity index (χ4n) is 2.46. The maximum atomic E-state index is 10.3. The van der Waals surface area contributed by atoms with Crippen LogP contribution in [0.5, 0.6) is 0 Å². The second-order valence-electron chi connectivity index (χ2n) is 4.71. The Bertz CT molecular complexity index is 337. The van der Waals surface area contributed by atoms with E-state index in [4.69, 9.17) is 0 Å². The van der Waals surface area contributed by atoms with E-state index < -0.39 is 5.60 Å². The topological polar surface area (TPSA) is 38.0 Å². The van der Waals surface area contributed by atoms with Crippen molar-refractivity contribution in [3.05, 3.63) is 17.5 Å². The Labute approximate surface area is 91.1 Å². The average Bonchev–Trinajstić information content (AvgIpc) is 2.75. The van der Waals surface area contributed by atoms with Gasteiger partial charge in [0.15, 0.2) is 0 Å². The maximum absolute atomic E-state index is 10.3. The Hall–Kier alpha value is -0.830. The summed E-state index contributed by atoms with van der Waals surface area (Å²) >= 11 is 0. The van der Waals surface area contributed by atoms with E-state index in [-0.39, 0.29) is 0 Å². The molecule has 84 valence electrons. The van der Waals surface area contributed by atoms with Gasteiger partial charge in [-0.05, 0) is 25.3 Å². The normalized spacial score (nSPS) is 19.7. The second-order valence-corrected chi connectivity index (χ2v) is 4.71. The first-order valence-electron chi connectivity index (χ1n) is 5.87. The van der Waals surface area contributed by atoms with Gasteiger partial charge in [-0.15, -0.1) is 0 Å². The van der Waals surface area contributed by atoms with E-state index in [9.17, 15) is 5.11 Å². The Kier molecular flexibility index (Phi) is 2.83. The molecule has 0 radical (unpaired) electrons. The molecule has 0 atom stereocenters. The fourth-order valence-corrected chi connectivity index (χ4v) is 2.46. The second kappa shape index (κ2) is 3.97. The van der Waals surface area contributed by atoms with Crippen molar-refractivity contribution in [2.45, 2.75) is 51.0 Å². The smallest absolute Gasteiger partial charge is 0.0702 e. The van der Waals surface area contributed by atoms with Crippen molar-refractivity contribution in [1.82, 2.24) is 9.78 Å². The van der Waals surface area contributed by atoms with Gasteiger partial charge in [-0.2, -0.15) is 5.10 Å². The molecule has 0 saturated heterocycles. The van der Waals surface area contributed by atoms with E-state index in [2.05, 4.69) is 18.1 Å². The summed E-state index contributed by atoms with van der Waals surface area (Å²) in [6.45, 7) is 2.11. The van der Waals surface area contributed by atoms with Gasteiger partial charge in [0.25, 0.3) is 0 Å². The predicted octanol–water partition coefficient (Wildman–Crippen LogP) is 1.83. The fraction of sp³-hybridized carbons (Fsp3) is 0.750. The van der Waals surface area contributed by atoms with E-state index in [1.165, 1.54) is 0 Å². The molecular weight excluding hydrogens is 188 g/mol. The number of hydrogen-bond acceptors (Lipinski definition) is 2. The zero-order valence-electron chi connectivity index (χ0n) is 9.66. The lowest BCUT2D eigenvalue weighted by Crippen LogP contribution is -2.28. The Morgan fingerprint density at radius 1 is 1.47 bits per heavy atom. The van der Waals surface area contributed by atoms with Crippen LogP contribution in [0.1, 0.15) is 44.0 Å². The molecule has 1 heterocycles. The summed E-state index contributed by atoms with van der Waals surface area (Å²) in [4.78, 5) is 0. The van der Waals surface area contributed by atoms with Gasteiger partial charge in [0.1, 0.15) is 0 Å². The van der Waals surface area contributed by atoms with Crippen molar-refractivity contribution >= 4 is 0 Å². The van der Waals surface area contributed by atoms with Crippen LogP contribution < -0.4 is 0 Å². The summed E-state index contributed by atoms with van der Waals surface area (Å²) in [5.74, 6) is 0. The van der Waals surface area contributed by atoms with Gasteiger partial charge in [0.05, 0.1) is 11.3 Å². The van der Waals surface area contributed by atoms with Gasteiger partial charge in [-0.1, -0.05) is 19.8 Å². The molecule has 0 bridgehead atoms. The zero-order chi connectivity index (χ0) is 10.9. The van der Waals surface area contributed by atoms with Gasteiger partial charge in [-0.3, -0.25) is 4.68 Å². The van der Waals surface area contributed by atoms with E-state index in [1.807, 2.05) is 11.7 Å². The molecule has 1 aromatic heterocycles. The number of hydrogen-bond donors (Lipinski definition) is 1. The highest BCUT2D eigenvalue weighted by Crippen LogP contribution is 2.32. The Morgan fingerprint density at radius 3 is 2.67 bits per heavy atom.